The van der Waals surface area contributed by atoms with Crippen LogP contribution in [-0.2, 0) is 6.42 Å². The maximum Gasteiger partial charge on any atom is 0.248 e. The van der Waals surface area contributed by atoms with Gasteiger partial charge in [0, 0.05) is 23.7 Å². The third-order valence-corrected chi connectivity index (χ3v) is 4.67. The zero-order valence-electron chi connectivity index (χ0n) is 16.4. The van der Waals surface area contributed by atoms with Crippen LogP contribution in [0.4, 0.5) is 22.0 Å². The molecule has 0 aliphatic carbocycles. The highest BCUT2D eigenvalue weighted by atomic mass is 19.1. The molecule has 3 N–H and O–H groups in total. The molecule has 0 bridgehead atoms. The molecule has 8 nitrogen and oxygen atoms in total. The Morgan fingerprint density at radius 3 is 2.69 bits per heavy atom. The van der Waals surface area contributed by atoms with Gasteiger partial charge in [0.1, 0.15) is 23.3 Å². The number of halogens is 1. The average Bonchev–Trinajstić information content (AvgIpc) is 3.03. The summed E-state index contributed by atoms with van der Waals surface area (Å²) >= 11 is 0. The number of hydrogen-bond donors (Lipinski definition) is 3. The summed E-state index contributed by atoms with van der Waals surface area (Å²) in [6.45, 7) is 6.43. The zero-order valence-corrected chi connectivity index (χ0v) is 16.4. The van der Waals surface area contributed by atoms with Crippen molar-refractivity contribution in [3.05, 3.63) is 59.1 Å². The molecular formula is C20H21FN8. The quantitative estimate of drug-likeness (QED) is 0.460. The van der Waals surface area contributed by atoms with Crippen molar-refractivity contribution in [1.82, 2.24) is 30.1 Å². The predicted octanol–water partition coefficient (Wildman–Crippen LogP) is 3.61. The lowest BCUT2D eigenvalue weighted by atomic mass is 10.0. The molecular weight excluding hydrogens is 371 g/mol. The minimum absolute atomic E-state index is 0.229. The lowest BCUT2D eigenvalue weighted by molar-refractivity contribution is 0.637. The predicted molar refractivity (Wildman–Crippen MR) is 110 cm³/mol. The van der Waals surface area contributed by atoms with Crippen LogP contribution in [0, 0.1) is 26.6 Å². The molecule has 0 amide bonds. The van der Waals surface area contributed by atoms with E-state index in [0.29, 0.717) is 35.5 Å². The Labute approximate surface area is 167 Å². The molecule has 4 rings (SSSR count). The molecule has 29 heavy (non-hydrogen) atoms. The van der Waals surface area contributed by atoms with Crippen LogP contribution in [0.1, 0.15) is 22.6 Å². The highest BCUT2D eigenvalue weighted by Crippen LogP contribution is 2.28. The van der Waals surface area contributed by atoms with Gasteiger partial charge >= 0.3 is 0 Å². The van der Waals surface area contributed by atoms with E-state index < -0.39 is 0 Å². The van der Waals surface area contributed by atoms with E-state index in [-0.39, 0.29) is 5.82 Å². The molecule has 0 saturated carbocycles. The first-order valence-electron chi connectivity index (χ1n) is 9.28. The average molecular weight is 392 g/mol. The molecule has 0 radical (unpaired) electrons. The lowest BCUT2D eigenvalue weighted by Crippen LogP contribution is -2.09. The fraction of sp³-hybridized carbons (Fsp3) is 0.250. The SMILES string of the molecule is Cc1nc(NCCc2c(C)[nH]c3c(F)ccc(C)c23)cc(Nc2nccnn2)n1. The van der Waals surface area contributed by atoms with E-state index in [9.17, 15) is 4.39 Å². The van der Waals surface area contributed by atoms with Gasteiger partial charge in [0.25, 0.3) is 0 Å². The maximum atomic E-state index is 14.1. The number of aromatic nitrogens is 6. The van der Waals surface area contributed by atoms with Gasteiger partial charge in [0.2, 0.25) is 5.95 Å². The molecule has 0 saturated heterocycles. The number of H-pyrrole nitrogens is 1. The second-order valence-electron chi connectivity index (χ2n) is 6.80. The van der Waals surface area contributed by atoms with Crippen LogP contribution in [0.2, 0.25) is 0 Å². The van der Waals surface area contributed by atoms with Crippen molar-refractivity contribution in [2.24, 2.45) is 0 Å². The molecule has 148 valence electrons. The summed E-state index contributed by atoms with van der Waals surface area (Å²) in [5.41, 5.74) is 3.71. The van der Waals surface area contributed by atoms with Gasteiger partial charge in [-0.3, -0.25) is 0 Å². The van der Waals surface area contributed by atoms with E-state index in [1.54, 1.807) is 12.3 Å². The fourth-order valence-electron chi connectivity index (χ4n) is 3.41. The van der Waals surface area contributed by atoms with E-state index in [1.165, 1.54) is 12.3 Å². The molecule has 0 aliphatic heterocycles. The van der Waals surface area contributed by atoms with Crippen LogP contribution in [0.5, 0.6) is 0 Å². The van der Waals surface area contributed by atoms with Gasteiger partial charge in [-0.05, 0) is 44.4 Å². The van der Waals surface area contributed by atoms with Gasteiger partial charge in [-0.25, -0.2) is 19.3 Å². The summed E-state index contributed by atoms with van der Waals surface area (Å²) in [4.78, 5) is 16.0. The van der Waals surface area contributed by atoms with Crippen LogP contribution in [-0.4, -0.2) is 36.7 Å². The number of hydrogen-bond acceptors (Lipinski definition) is 7. The molecule has 0 atom stereocenters. The molecule has 3 aromatic heterocycles. The van der Waals surface area contributed by atoms with Crippen molar-refractivity contribution in [3.63, 3.8) is 0 Å². The van der Waals surface area contributed by atoms with E-state index in [4.69, 9.17) is 0 Å². The second kappa shape index (κ2) is 7.78. The summed E-state index contributed by atoms with van der Waals surface area (Å²) in [5.74, 6) is 2.01. The molecule has 0 fully saturated rings. The number of fused-ring (bicyclic) bond motifs is 1. The summed E-state index contributed by atoms with van der Waals surface area (Å²) in [7, 11) is 0. The van der Waals surface area contributed by atoms with Crippen molar-refractivity contribution in [2.45, 2.75) is 27.2 Å². The topological polar surface area (TPSA) is 104 Å². The minimum Gasteiger partial charge on any atom is -0.370 e. The molecule has 1 aromatic carbocycles. The van der Waals surface area contributed by atoms with Gasteiger partial charge in [0.05, 0.1) is 17.9 Å². The van der Waals surface area contributed by atoms with Crippen LogP contribution >= 0.6 is 0 Å². The summed E-state index contributed by atoms with van der Waals surface area (Å²) in [5, 5.41) is 15.0. The normalized spacial score (nSPS) is 11.0. The number of aromatic amines is 1. The number of anilines is 3. The maximum absolute atomic E-state index is 14.1. The fourth-order valence-corrected chi connectivity index (χ4v) is 3.41. The van der Waals surface area contributed by atoms with E-state index in [2.05, 4.69) is 40.8 Å². The van der Waals surface area contributed by atoms with Crippen molar-refractivity contribution >= 4 is 28.5 Å². The van der Waals surface area contributed by atoms with Crippen molar-refractivity contribution < 1.29 is 4.39 Å². The molecule has 0 spiro atoms. The Kier molecular flexibility index (Phi) is 5.03. The number of rotatable bonds is 6. The lowest BCUT2D eigenvalue weighted by Gasteiger charge is -2.10. The Bertz CT molecular complexity index is 1160. The monoisotopic (exact) mass is 392 g/mol. The van der Waals surface area contributed by atoms with Crippen molar-refractivity contribution in [3.8, 4) is 0 Å². The Balaban J connectivity index is 1.50. The molecule has 4 aromatic rings. The molecule has 0 aliphatic rings. The summed E-state index contributed by atoms with van der Waals surface area (Å²) in [6.07, 6.45) is 3.79. The van der Waals surface area contributed by atoms with E-state index >= 15 is 0 Å². The second-order valence-corrected chi connectivity index (χ2v) is 6.80. The van der Waals surface area contributed by atoms with Gasteiger partial charge in [-0.15, -0.1) is 5.10 Å². The van der Waals surface area contributed by atoms with Crippen molar-refractivity contribution in [1.29, 1.82) is 0 Å². The zero-order chi connectivity index (χ0) is 20.4. The molecule has 0 unspecified atom stereocenters. The summed E-state index contributed by atoms with van der Waals surface area (Å²) < 4.78 is 14.1. The van der Waals surface area contributed by atoms with Crippen molar-refractivity contribution in [2.75, 3.05) is 17.2 Å². The Hall–Kier alpha value is -3.62. The largest absolute Gasteiger partial charge is 0.370 e. The first-order valence-corrected chi connectivity index (χ1v) is 9.28. The van der Waals surface area contributed by atoms with Crippen LogP contribution in [0.25, 0.3) is 10.9 Å². The number of nitrogens with zero attached hydrogens (tertiary/aromatic N) is 5. The highest BCUT2D eigenvalue weighted by Gasteiger charge is 2.14. The highest BCUT2D eigenvalue weighted by molar-refractivity contribution is 5.88. The van der Waals surface area contributed by atoms with Gasteiger partial charge in [0.15, 0.2) is 0 Å². The molecule has 9 heteroatoms. The van der Waals surface area contributed by atoms with Gasteiger partial charge < -0.3 is 15.6 Å². The van der Waals surface area contributed by atoms with Gasteiger partial charge in [-0.1, -0.05) is 6.07 Å². The Morgan fingerprint density at radius 1 is 1.07 bits per heavy atom. The number of nitrogens with one attached hydrogen (secondary N) is 3. The number of aryl methyl sites for hydroxylation is 3. The third-order valence-electron chi connectivity index (χ3n) is 4.67. The van der Waals surface area contributed by atoms with Crippen LogP contribution < -0.4 is 10.6 Å². The van der Waals surface area contributed by atoms with Crippen LogP contribution in [0.15, 0.2) is 30.6 Å². The third kappa shape index (κ3) is 3.98. The standard InChI is InChI=1S/C20H21FN8/c1-11-4-5-15(21)19-18(11)14(12(2)25-19)6-7-22-16-10-17(27-13(3)26-16)28-20-23-8-9-24-29-20/h4-5,8-10,25H,6-7H2,1-3H3,(H2,22,23,26,27,28,29). The van der Waals surface area contributed by atoms with E-state index in [1.807, 2.05) is 26.8 Å². The van der Waals surface area contributed by atoms with Gasteiger partial charge in [-0.2, -0.15) is 5.10 Å². The first-order chi connectivity index (χ1) is 14.0. The number of benzene rings is 1. The van der Waals surface area contributed by atoms with Crippen LogP contribution in [0.3, 0.4) is 0 Å². The molecule has 3 heterocycles. The minimum atomic E-state index is -0.229. The first kappa shape index (κ1) is 18.7. The summed E-state index contributed by atoms with van der Waals surface area (Å²) in [6, 6.07) is 5.10. The Morgan fingerprint density at radius 2 is 1.90 bits per heavy atom. The van der Waals surface area contributed by atoms with E-state index in [0.717, 1.165) is 28.6 Å². The smallest absolute Gasteiger partial charge is 0.248 e.